The maximum Gasteiger partial charge on any atom is 0.226 e. The largest absolute Gasteiger partial charge is 0.388 e. The summed E-state index contributed by atoms with van der Waals surface area (Å²) in [4.78, 5) is 14.3. The fourth-order valence-corrected chi connectivity index (χ4v) is 3.53. The molecule has 0 aliphatic carbocycles. The highest BCUT2D eigenvalue weighted by Crippen LogP contribution is 2.30. The third-order valence-corrected chi connectivity index (χ3v) is 4.96. The molecule has 1 aliphatic rings. The first-order valence-corrected chi connectivity index (χ1v) is 8.76. The van der Waals surface area contributed by atoms with Gasteiger partial charge in [-0.2, -0.15) is 0 Å². The number of amides is 1. The number of aliphatic hydroxyl groups is 1. The van der Waals surface area contributed by atoms with Gasteiger partial charge in [0.2, 0.25) is 5.91 Å². The fourth-order valence-electron chi connectivity index (χ4n) is 3.32. The highest BCUT2D eigenvalue weighted by molar-refractivity contribution is 6.30. The van der Waals surface area contributed by atoms with E-state index >= 15 is 0 Å². The minimum Gasteiger partial charge on any atom is -0.388 e. The molecule has 1 N–H and O–H groups in total. The monoisotopic (exact) mass is 343 g/mol. The Bertz CT molecular complexity index is 681. The summed E-state index contributed by atoms with van der Waals surface area (Å²) in [5, 5.41) is 11.2. The maximum absolute atomic E-state index is 12.4. The standard InChI is InChI=1S/C20H22ClNO2/c21-18-8-4-5-15(13-18)14-19(23)22-11-9-17(10-12-22)20(24)16-6-2-1-3-7-16/h1-8,13,17,20,24H,9-12,14H2. The quantitative estimate of drug-likeness (QED) is 0.915. The highest BCUT2D eigenvalue weighted by atomic mass is 35.5. The first-order valence-electron chi connectivity index (χ1n) is 8.39. The van der Waals surface area contributed by atoms with Crippen LogP contribution in [0.5, 0.6) is 0 Å². The Kier molecular flexibility index (Phi) is 5.54. The van der Waals surface area contributed by atoms with Crippen LogP contribution in [0.4, 0.5) is 0 Å². The van der Waals surface area contributed by atoms with Crippen molar-refractivity contribution >= 4 is 17.5 Å². The molecule has 0 spiro atoms. The average molecular weight is 344 g/mol. The number of hydrogen-bond donors (Lipinski definition) is 1. The van der Waals surface area contributed by atoms with Crippen LogP contribution in [0.15, 0.2) is 54.6 Å². The lowest BCUT2D eigenvalue weighted by atomic mass is 9.87. The lowest BCUT2D eigenvalue weighted by molar-refractivity contribution is -0.132. The van der Waals surface area contributed by atoms with Crippen LogP contribution in [-0.2, 0) is 11.2 Å². The van der Waals surface area contributed by atoms with Crippen molar-refractivity contribution in [3.63, 3.8) is 0 Å². The van der Waals surface area contributed by atoms with Gasteiger partial charge in [-0.25, -0.2) is 0 Å². The molecule has 4 heteroatoms. The summed E-state index contributed by atoms with van der Waals surface area (Å²) in [5.41, 5.74) is 1.90. The van der Waals surface area contributed by atoms with Gasteiger partial charge in [-0.3, -0.25) is 4.79 Å². The Hall–Kier alpha value is -1.84. The van der Waals surface area contributed by atoms with Gasteiger partial charge in [0.1, 0.15) is 0 Å². The van der Waals surface area contributed by atoms with E-state index in [1.165, 1.54) is 0 Å². The molecule has 0 saturated carbocycles. The van der Waals surface area contributed by atoms with Gasteiger partial charge >= 0.3 is 0 Å². The average Bonchev–Trinajstić information content (AvgIpc) is 2.62. The minimum atomic E-state index is -0.448. The Morgan fingerprint density at radius 1 is 1.12 bits per heavy atom. The van der Waals surface area contributed by atoms with Crippen molar-refractivity contribution in [1.29, 1.82) is 0 Å². The molecule has 1 heterocycles. The van der Waals surface area contributed by atoms with Gasteiger partial charge in [-0.05, 0) is 42.0 Å². The Balaban J connectivity index is 1.54. The molecular formula is C20H22ClNO2. The van der Waals surface area contributed by atoms with Crippen molar-refractivity contribution in [2.45, 2.75) is 25.4 Å². The van der Waals surface area contributed by atoms with Crippen molar-refractivity contribution in [2.24, 2.45) is 5.92 Å². The minimum absolute atomic E-state index is 0.130. The molecule has 1 saturated heterocycles. The van der Waals surface area contributed by atoms with E-state index in [-0.39, 0.29) is 11.8 Å². The van der Waals surface area contributed by atoms with E-state index in [9.17, 15) is 9.90 Å². The number of aliphatic hydroxyl groups excluding tert-OH is 1. The van der Waals surface area contributed by atoms with Crippen molar-refractivity contribution in [2.75, 3.05) is 13.1 Å². The molecule has 1 amide bonds. The zero-order valence-corrected chi connectivity index (χ0v) is 14.3. The summed E-state index contributed by atoms with van der Waals surface area (Å²) < 4.78 is 0. The number of carbonyl (C=O) groups is 1. The Morgan fingerprint density at radius 3 is 2.50 bits per heavy atom. The van der Waals surface area contributed by atoms with E-state index in [0.717, 1.165) is 24.0 Å². The number of piperidine rings is 1. The molecule has 1 atom stereocenters. The second kappa shape index (κ2) is 7.82. The topological polar surface area (TPSA) is 40.5 Å². The summed E-state index contributed by atoms with van der Waals surface area (Å²) >= 11 is 5.97. The second-order valence-corrected chi connectivity index (χ2v) is 6.82. The number of benzene rings is 2. The van der Waals surface area contributed by atoms with Crippen molar-refractivity contribution in [3.8, 4) is 0 Å². The van der Waals surface area contributed by atoms with Crippen molar-refractivity contribution in [3.05, 3.63) is 70.7 Å². The van der Waals surface area contributed by atoms with E-state index in [4.69, 9.17) is 11.6 Å². The van der Waals surface area contributed by atoms with Gasteiger partial charge < -0.3 is 10.0 Å². The van der Waals surface area contributed by atoms with Gasteiger partial charge in [0, 0.05) is 18.1 Å². The summed E-state index contributed by atoms with van der Waals surface area (Å²) in [5.74, 6) is 0.340. The number of rotatable bonds is 4. The van der Waals surface area contributed by atoms with Crippen LogP contribution in [0.1, 0.15) is 30.1 Å². The first-order chi connectivity index (χ1) is 11.6. The van der Waals surface area contributed by atoms with Gasteiger partial charge in [0.15, 0.2) is 0 Å². The molecule has 3 rings (SSSR count). The number of likely N-dealkylation sites (tertiary alicyclic amines) is 1. The summed E-state index contributed by atoms with van der Waals surface area (Å²) in [6, 6.07) is 17.2. The number of nitrogens with zero attached hydrogens (tertiary/aromatic N) is 1. The lowest BCUT2D eigenvalue weighted by Crippen LogP contribution is -2.40. The molecule has 2 aromatic carbocycles. The molecule has 0 aromatic heterocycles. The number of hydrogen-bond acceptors (Lipinski definition) is 2. The number of halogens is 1. The molecule has 0 bridgehead atoms. The molecule has 24 heavy (non-hydrogen) atoms. The van der Waals surface area contributed by atoms with Crippen LogP contribution >= 0.6 is 11.6 Å². The predicted molar refractivity (Wildman–Crippen MR) is 95.9 cm³/mol. The molecule has 1 fully saturated rings. The highest BCUT2D eigenvalue weighted by Gasteiger charge is 2.28. The first kappa shape index (κ1) is 17.0. The maximum atomic E-state index is 12.4. The van der Waals surface area contributed by atoms with E-state index in [1.807, 2.05) is 59.5 Å². The summed E-state index contributed by atoms with van der Waals surface area (Å²) in [7, 11) is 0. The third kappa shape index (κ3) is 4.16. The SMILES string of the molecule is O=C(Cc1cccc(Cl)c1)N1CCC(C(O)c2ccccc2)CC1. The fraction of sp³-hybridized carbons (Fsp3) is 0.350. The third-order valence-electron chi connectivity index (χ3n) is 4.72. The predicted octanol–water partition coefficient (Wildman–Crippen LogP) is 3.85. The van der Waals surface area contributed by atoms with E-state index in [0.29, 0.717) is 24.5 Å². The zero-order valence-electron chi connectivity index (χ0n) is 13.6. The summed E-state index contributed by atoms with van der Waals surface area (Å²) in [6.07, 6.45) is 1.60. The van der Waals surface area contributed by atoms with Crippen molar-refractivity contribution < 1.29 is 9.90 Å². The van der Waals surface area contributed by atoms with E-state index < -0.39 is 6.10 Å². The molecule has 0 radical (unpaired) electrons. The smallest absolute Gasteiger partial charge is 0.226 e. The molecule has 126 valence electrons. The molecule has 2 aromatic rings. The Morgan fingerprint density at radius 2 is 1.83 bits per heavy atom. The van der Waals surface area contributed by atoms with Crippen LogP contribution in [0.25, 0.3) is 0 Å². The molecule has 1 aliphatic heterocycles. The van der Waals surface area contributed by atoms with Crippen LogP contribution < -0.4 is 0 Å². The van der Waals surface area contributed by atoms with Crippen LogP contribution in [0.2, 0.25) is 5.02 Å². The van der Waals surface area contributed by atoms with Gasteiger partial charge in [-0.1, -0.05) is 54.1 Å². The van der Waals surface area contributed by atoms with Gasteiger partial charge in [-0.15, -0.1) is 0 Å². The number of carbonyl (C=O) groups excluding carboxylic acids is 1. The second-order valence-electron chi connectivity index (χ2n) is 6.38. The zero-order chi connectivity index (χ0) is 16.9. The van der Waals surface area contributed by atoms with Crippen LogP contribution in [0, 0.1) is 5.92 Å². The Labute approximate surface area is 147 Å². The van der Waals surface area contributed by atoms with Gasteiger partial charge in [0.25, 0.3) is 0 Å². The molecular weight excluding hydrogens is 322 g/mol. The normalized spacial score (nSPS) is 16.8. The van der Waals surface area contributed by atoms with Gasteiger partial charge in [0.05, 0.1) is 12.5 Å². The van der Waals surface area contributed by atoms with Crippen LogP contribution in [-0.4, -0.2) is 29.0 Å². The summed E-state index contributed by atoms with van der Waals surface area (Å²) in [6.45, 7) is 1.40. The van der Waals surface area contributed by atoms with Crippen LogP contribution in [0.3, 0.4) is 0 Å². The lowest BCUT2D eigenvalue weighted by Gasteiger charge is -2.34. The molecule has 3 nitrogen and oxygen atoms in total. The van der Waals surface area contributed by atoms with E-state index in [1.54, 1.807) is 0 Å². The molecule has 1 unspecified atom stereocenters. The van der Waals surface area contributed by atoms with E-state index in [2.05, 4.69) is 0 Å². The van der Waals surface area contributed by atoms with Crippen molar-refractivity contribution in [1.82, 2.24) is 4.90 Å².